The van der Waals surface area contributed by atoms with Crippen LogP contribution in [0.1, 0.15) is 11.1 Å². The van der Waals surface area contributed by atoms with Crippen molar-refractivity contribution in [3.05, 3.63) is 126 Å². The standard InChI is InChI=1S/C26H17F2P/c27-22-18-17-20(25(28)19-22)15-16-21-9-7-8-14-26(21)29(23-10-3-1-4-11-23)24-12-5-2-6-13-24/h1-14,17-19H. The van der Waals surface area contributed by atoms with Gasteiger partial charge in [-0.3, -0.25) is 0 Å². The van der Waals surface area contributed by atoms with Gasteiger partial charge in [-0.15, -0.1) is 0 Å². The first-order valence-electron chi connectivity index (χ1n) is 9.19. The Hall–Kier alpha value is -3.27. The van der Waals surface area contributed by atoms with Crippen LogP contribution in [0, 0.1) is 23.5 Å². The number of rotatable bonds is 3. The second-order valence-corrected chi connectivity index (χ2v) is 8.58. The molecule has 0 aliphatic rings. The Bertz CT molecular complexity index is 1140. The van der Waals surface area contributed by atoms with Gasteiger partial charge < -0.3 is 0 Å². The van der Waals surface area contributed by atoms with Crippen LogP contribution < -0.4 is 15.9 Å². The minimum Gasteiger partial charge on any atom is -0.207 e. The fraction of sp³-hybridized carbons (Fsp3) is 0. The third kappa shape index (κ3) is 4.43. The van der Waals surface area contributed by atoms with Crippen molar-refractivity contribution in [2.75, 3.05) is 0 Å². The summed E-state index contributed by atoms with van der Waals surface area (Å²) in [5, 5.41) is 3.54. The smallest absolute Gasteiger partial charge is 0.141 e. The van der Waals surface area contributed by atoms with Gasteiger partial charge in [0.25, 0.3) is 0 Å². The molecule has 0 fully saturated rings. The Balaban J connectivity index is 1.83. The van der Waals surface area contributed by atoms with E-state index in [2.05, 4.69) is 42.2 Å². The third-order valence-corrected chi connectivity index (χ3v) is 6.94. The molecule has 0 spiro atoms. The van der Waals surface area contributed by atoms with Crippen LogP contribution in [0.25, 0.3) is 0 Å². The molecule has 4 aromatic rings. The maximum Gasteiger partial charge on any atom is 0.141 e. The molecule has 0 heterocycles. The SMILES string of the molecule is Fc1ccc(C#Cc2ccccc2P(c2ccccc2)c2ccccc2)c(F)c1. The van der Waals surface area contributed by atoms with Crippen molar-refractivity contribution in [2.24, 2.45) is 0 Å². The first kappa shape index (κ1) is 19.1. The van der Waals surface area contributed by atoms with E-state index in [1.807, 2.05) is 54.6 Å². The highest BCUT2D eigenvalue weighted by molar-refractivity contribution is 7.79. The van der Waals surface area contributed by atoms with Crippen LogP contribution in [0.3, 0.4) is 0 Å². The zero-order valence-electron chi connectivity index (χ0n) is 15.5. The summed E-state index contributed by atoms with van der Waals surface area (Å²) < 4.78 is 27.2. The molecule has 140 valence electrons. The molecule has 0 saturated heterocycles. The lowest BCUT2D eigenvalue weighted by atomic mass is 10.1. The van der Waals surface area contributed by atoms with E-state index >= 15 is 0 Å². The number of hydrogen-bond acceptors (Lipinski definition) is 0. The molecule has 4 aromatic carbocycles. The van der Waals surface area contributed by atoms with E-state index in [9.17, 15) is 8.78 Å². The topological polar surface area (TPSA) is 0 Å². The van der Waals surface area contributed by atoms with Crippen LogP contribution in [0.4, 0.5) is 8.78 Å². The van der Waals surface area contributed by atoms with Gasteiger partial charge >= 0.3 is 0 Å². The molecule has 3 heteroatoms. The van der Waals surface area contributed by atoms with Crippen molar-refractivity contribution in [3.63, 3.8) is 0 Å². The Labute approximate surface area is 170 Å². The quantitative estimate of drug-likeness (QED) is 0.332. The third-order valence-electron chi connectivity index (χ3n) is 4.44. The second-order valence-electron chi connectivity index (χ2n) is 6.40. The number of benzene rings is 4. The van der Waals surface area contributed by atoms with Crippen LogP contribution in [0.15, 0.2) is 103 Å². The molecule has 0 aliphatic heterocycles. The van der Waals surface area contributed by atoms with Gasteiger partial charge in [0.15, 0.2) is 0 Å². The van der Waals surface area contributed by atoms with E-state index in [0.29, 0.717) is 0 Å². The average molecular weight is 398 g/mol. The summed E-state index contributed by atoms with van der Waals surface area (Å²) in [6.45, 7) is 0. The van der Waals surface area contributed by atoms with Gasteiger partial charge in [-0.05, 0) is 36.7 Å². The Kier molecular flexibility index (Phi) is 5.80. The molecule has 0 aliphatic carbocycles. The lowest BCUT2D eigenvalue weighted by Crippen LogP contribution is -2.22. The first-order chi connectivity index (χ1) is 14.2. The summed E-state index contributed by atoms with van der Waals surface area (Å²) in [6, 6.07) is 32.1. The van der Waals surface area contributed by atoms with Crippen LogP contribution in [-0.4, -0.2) is 0 Å². The summed E-state index contributed by atoms with van der Waals surface area (Å²) in [5.74, 6) is 4.73. The molecular weight excluding hydrogens is 381 g/mol. The van der Waals surface area contributed by atoms with Gasteiger partial charge in [0.05, 0.1) is 5.56 Å². The molecule has 0 N–H and O–H groups in total. The van der Waals surface area contributed by atoms with Crippen molar-refractivity contribution in [1.82, 2.24) is 0 Å². The van der Waals surface area contributed by atoms with Crippen molar-refractivity contribution in [3.8, 4) is 11.8 Å². The summed E-state index contributed by atoms with van der Waals surface area (Å²) >= 11 is 0. The molecule has 0 nitrogen and oxygen atoms in total. The monoisotopic (exact) mass is 398 g/mol. The highest BCUT2D eigenvalue weighted by atomic mass is 31.1. The molecule has 29 heavy (non-hydrogen) atoms. The van der Waals surface area contributed by atoms with Crippen molar-refractivity contribution < 1.29 is 8.78 Å². The predicted molar refractivity (Wildman–Crippen MR) is 117 cm³/mol. The molecule has 0 amide bonds. The van der Waals surface area contributed by atoms with Crippen LogP contribution in [-0.2, 0) is 0 Å². The van der Waals surface area contributed by atoms with Crippen molar-refractivity contribution >= 4 is 23.8 Å². The Morgan fingerprint density at radius 1 is 0.552 bits per heavy atom. The average Bonchev–Trinajstić information content (AvgIpc) is 2.76. The van der Waals surface area contributed by atoms with E-state index in [1.54, 1.807) is 0 Å². The lowest BCUT2D eigenvalue weighted by molar-refractivity contribution is 0.581. The largest absolute Gasteiger partial charge is 0.207 e. The molecule has 0 saturated carbocycles. The molecule has 0 unspecified atom stereocenters. The lowest BCUT2D eigenvalue weighted by Gasteiger charge is -2.20. The van der Waals surface area contributed by atoms with Gasteiger partial charge in [0.2, 0.25) is 0 Å². The molecule has 0 bridgehead atoms. The van der Waals surface area contributed by atoms with Gasteiger partial charge in [0.1, 0.15) is 11.6 Å². The van der Waals surface area contributed by atoms with Crippen LogP contribution in [0.5, 0.6) is 0 Å². The van der Waals surface area contributed by atoms with Gasteiger partial charge in [0, 0.05) is 16.9 Å². The van der Waals surface area contributed by atoms with Crippen molar-refractivity contribution in [1.29, 1.82) is 0 Å². The van der Waals surface area contributed by atoms with Gasteiger partial charge in [-0.2, -0.15) is 0 Å². The Morgan fingerprint density at radius 2 is 1.10 bits per heavy atom. The fourth-order valence-corrected chi connectivity index (χ4v) is 5.48. The minimum atomic E-state index is -0.816. The normalized spacial score (nSPS) is 10.4. The molecule has 4 rings (SSSR count). The van der Waals surface area contributed by atoms with Crippen LogP contribution >= 0.6 is 7.92 Å². The zero-order chi connectivity index (χ0) is 20.1. The maximum absolute atomic E-state index is 14.0. The van der Waals surface area contributed by atoms with E-state index in [4.69, 9.17) is 0 Å². The summed E-state index contributed by atoms with van der Waals surface area (Å²) in [4.78, 5) is 0. The highest BCUT2D eigenvalue weighted by Gasteiger charge is 2.18. The van der Waals surface area contributed by atoms with E-state index < -0.39 is 19.6 Å². The van der Waals surface area contributed by atoms with Gasteiger partial charge in [-0.1, -0.05) is 90.7 Å². The summed E-state index contributed by atoms with van der Waals surface area (Å²) in [5.41, 5.74) is 1.03. The summed E-state index contributed by atoms with van der Waals surface area (Å²) in [7, 11) is -0.816. The maximum atomic E-state index is 14.0. The minimum absolute atomic E-state index is 0.185. The molecule has 0 radical (unpaired) electrons. The van der Waals surface area contributed by atoms with E-state index in [-0.39, 0.29) is 5.56 Å². The fourth-order valence-electron chi connectivity index (χ4n) is 3.08. The number of halogens is 2. The van der Waals surface area contributed by atoms with Gasteiger partial charge in [-0.25, -0.2) is 8.78 Å². The second kappa shape index (κ2) is 8.82. The zero-order valence-corrected chi connectivity index (χ0v) is 16.4. The molecule has 0 atom stereocenters. The Morgan fingerprint density at radius 3 is 1.72 bits per heavy atom. The molecule has 0 aromatic heterocycles. The number of hydrogen-bond donors (Lipinski definition) is 0. The van der Waals surface area contributed by atoms with Crippen molar-refractivity contribution in [2.45, 2.75) is 0 Å². The highest BCUT2D eigenvalue weighted by Crippen LogP contribution is 2.33. The predicted octanol–water partition coefficient (Wildman–Crippen LogP) is 5.12. The van der Waals surface area contributed by atoms with E-state index in [0.717, 1.165) is 16.9 Å². The first-order valence-corrected chi connectivity index (χ1v) is 10.5. The molecular formula is C26H17F2P. The van der Waals surface area contributed by atoms with Crippen LogP contribution in [0.2, 0.25) is 0 Å². The van der Waals surface area contributed by atoms with E-state index in [1.165, 1.54) is 22.7 Å². The summed E-state index contributed by atoms with van der Waals surface area (Å²) in [6.07, 6.45) is 0.